The van der Waals surface area contributed by atoms with Crippen LogP contribution in [0.3, 0.4) is 0 Å². The number of aromatic nitrogens is 1. The zero-order chi connectivity index (χ0) is 21.2. The van der Waals surface area contributed by atoms with E-state index in [4.69, 9.17) is 14.5 Å². The molecule has 2 heterocycles. The number of nitrogens with zero attached hydrogens (tertiary/aromatic N) is 1. The molecular weight excluding hydrogens is 410 g/mol. The maximum Gasteiger partial charge on any atom is 0.246 e. The molecule has 1 amide bonds. The first-order valence-corrected chi connectivity index (χ1v) is 10.9. The Kier molecular flexibility index (Phi) is 5.18. The molecule has 3 aromatic carbocycles. The number of hydrogen-bond acceptors (Lipinski definition) is 6. The lowest BCUT2D eigenvalue weighted by molar-refractivity contribution is -0.116. The van der Waals surface area contributed by atoms with Gasteiger partial charge in [-0.3, -0.25) is 4.79 Å². The maximum absolute atomic E-state index is 12.7. The molecule has 0 aliphatic carbocycles. The third-order valence-corrected chi connectivity index (χ3v) is 6.08. The van der Waals surface area contributed by atoms with Crippen LogP contribution in [0, 0.1) is 0 Å². The van der Waals surface area contributed by atoms with Crippen LogP contribution in [0.25, 0.3) is 20.8 Å². The fourth-order valence-electron chi connectivity index (χ4n) is 3.42. The highest BCUT2D eigenvalue weighted by molar-refractivity contribution is 7.21. The highest BCUT2D eigenvalue weighted by Gasteiger charge is 2.16. The number of carbonyl (C=O) groups is 1. The highest BCUT2D eigenvalue weighted by Crippen LogP contribution is 2.33. The first-order valence-electron chi connectivity index (χ1n) is 10.1. The Hall–Kier alpha value is -3.58. The molecule has 2 N–H and O–H groups in total. The lowest BCUT2D eigenvalue weighted by Gasteiger charge is -2.20. The van der Waals surface area contributed by atoms with Gasteiger partial charge in [0.15, 0.2) is 11.5 Å². The molecule has 0 bridgehead atoms. The van der Waals surface area contributed by atoms with E-state index in [0.717, 1.165) is 26.5 Å². The number of hydrogen-bond donors (Lipinski definition) is 2. The van der Waals surface area contributed by atoms with Crippen LogP contribution in [0.1, 0.15) is 6.92 Å². The van der Waals surface area contributed by atoms with E-state index in [9.17, 15) is 4.79 Å². The molecule has 0 saturated carbocycles. The second kappa shape index (κ2) is 8.28. The molecule has 156 valence electrons. The van der Waals surface area contributed by atoms with E-state index in [1.54, 1.807) is 17.4 Å². The van der Waals surface area contributed by atoms with Crippen molar-refractivity contribution in [3.05, 3.63) is 66.7 Å². The van der Waals surface area contributed by atoms with E-state index in [1.165, 1.54) is 0 Å². The van der Waals surface area contributed by atoms with Gasteiger partial charge >= 0.3 is 0 Å². The predicted octanol–water partition coefficient (Wildman–Crippen LogP) is 5.17. The van der Waals surface area contributed by atoms with E-state index in [-0.39, 0.29) is 5.91 Å². The van der Waals surface area contributed by atoms with Crippen molar-refractivity contribution in [2.75, 3.05) is 23.8 Å². The Bertz CT molecular complexity index is 1220. The molecule has 4 aromatic rings. The summed E-state index contributed by atoms with van der Waals surface area (Å²) >= 11 is 1.66. The molecule has 5 rings (SSSR count). The maximum atomic E-state index is 12.7. The van der Waals surface area contributed by atoms with Gasteiger partial charge in [0.1, 0.15) is 24.3 Å². The van der Waals surface area contributed by atoms with Crippen molar-refractivity contribution in [3.63, 3.8) is 0 Å². The number of nitrogens with one attached hydrogen (secondary N) is 2. The van der Waals surface area contributed by atoms with Crippen LogP contribution >= 0.6 is 11.3 Å². The summed E-state index contributed by atoms with van der Waals surface area (Å²) in [5.41, 5.74) is 3.55. The minimum absolute atomic E-state index is 0.137. The Morgan fingerprint density at radius 2 is 1.81 bits per heavy atom. The van der Waals surface area contributed by atoms with Gasteiger partial charge in [0.25, 0.3) is 0 Å². The van der Waals surface area contributed by atoms with Crippen LogP contribution in [-0.4, -0.2) is 30.1 Å². The number of ether oxygens (including phenoxy) is 2. The van der Waals surface area contributed by atoms with E-state index in [1.807, 2.05) is 61.5 Å². The van der Waals surface area contributed by atoms with Crippen LogP contribution < -0.4 is 20.1 Å². The van der Waals surface area contributed by atoms with Gasteiger partial charge in [0, 0.05) is 23.0 Å². The standard InChI is InChI=1S/C24H21N3O3S/c1-15(23(28)26-18-9-10-20-21(14-18)30-12-11-29-20)25-17-6-4-5-16(13-17)24-27-19-7-2-3-8-22(19)31-24/h2-10,13-15,25H,11-12H2,1H3,(H,26,28)/t15-/m0/s1. The van der Waals surface area contributed by atoms with Crippen molar-refractivity contribution in [1.29, 1.82) is 0 Å². The zero-order valence-corrected chi connectivity index (χ0v) is 17.7. The number of benzene rings is 3. The summed E-state index contributed by atoms with van der Waals surface area (Å²) in [6.07, 6.45) is 0. The second-order valence-corrected chi connectivity index (χ2v) is 8.31. The molecule has 6 nitrogen and oxygen atoms in total. The molecule has 0 spiro atoms. The molecule has 1 atom stereocenters. The van der Waals surface area contributed by atoms with Crippen molar-refractivity contribution in [2.45, 2.75) is 13.0 Å². The minimum atomic E-state index is -0.432. The van der Waals surface area contributed by atoms with Gasteiger partial charge in [-0.15, -0.1) is 11.3 Å². The monoisotopic (exact) mass is 431 g/mol. The molecule has 0 unspecified atom stereocenters. The topological polar surface area (TPSA) is 72.5 Å². The third-order valence-electron chi connectivity index (χ3n) is 4.99. The Balaban J connectivity index is 1.28. The van der Waals surface area contributed by atoms with Gasteiger partial charge < -0.3 is 20.1 Å². The Morgan fingerprint density at radius 1 is 0.968 bits per heavy atom. The molecule has 0 fully saturated rings. The normalized spacial score (nSPS) is 13.6. The molecular formula is C24H21N3O3S. The van der Waals surface area contributed by atoms with Gasteiger partial charge in [0.2, 0.25) is 5.91 Å². The summed E-state index contributed by atoms with van der Waals surface area (Å²) in [5, 5.41) is 7.16. The number of rotatable bonds is 5. The summed E-state index contributed by atoms with van der Waals surface area (Å²) < 4.78 is 12.3. The molecule has 1 aliphatic rings. The van der Waals surface area contributed by atoms with Gasteiger partial charge in [-0.1, -0.05) is 24.3 Å². The van der Waals surface area contributed by atoms with E-state index >= 15 is 0 Å². The molecule has 0 radical (unpaired) electrons. The lowest BCUT2D eigenvalue weighted by Crippen LogP contribution is -2.31. The van der Waals surface area contributed by atoms with Crippen LogP contribution in [0.15, 0.2) is 66.7 Å². The molecule has 0 saturated heterocycles. The van der Waals surface area contributed by atoms with Crippen molar-refractivity contribution >= 4 is 38.8 Å². The van der Waals surface area contributed by atoms with Crippen molar-refractivity contribution in [1.82, 2.24) is 4.98 Å². The summed E-state index contributed by atoms with van der Waals surface area (Å²) in [6, 6.07) is 21.0. The van der Waals surface area contributed by atoms with Crippen LogP contribution in [0.2, 0.25) is 0 Å². The number of carbonyl (C=O) groups excluding carboxylic acids is 1. The number of para-hydroxylation sites is 1. The van der Waals surface area contributed by atoms with Crippen LogP contribution in [0.5, 0.6) is 11.5 Å². The quantitative estimate of drug-likeness (QED) is 0.456. The first-order chi connectivity index (χ1) is 15.2. The fraction of sp³-hybridized carbons (Fsp3) is 0.167. The summed E-state index contributed by atoms with van der Waals surface area (Å²) in [5.74, 6) is 1.21. The highest BCUT2D eigenvalue weighted by atomic mass is 32.1. The number of fused-ring (bicyclic) bond motifs is 2. The van der Waals surface area contributed by atoms with Crippen LogP contribution in [-0.2, 0) is 4.79 Å². The van der Waals surface area contributed by atoms with Crippen molar-refractivity contribution < 1.29 is 14.3 Å². The average Bonchev–Trinajstić information content (AvgIpc) is 3.23. The SMILES string of the molecule is C[C@H](Nc1cccc(-c2nc3ccccc3s2)c1)C(=O)Nc1ccc2c(c1)OCCO2. The Morgan fingerprint density at radius 3 is 2.68 bits per heavy atom. The van der Waals surface area contributed by atoms with Crippen molar-refractivity contribution in [2.24, 2.45) is 0 Å². The smallest absolute Gasteiger partial charge is 0.246 e. The van der Waals surface area contributed by atoms with Crippen molar-refractivity contribution in [3.8, 4) is 22.1 Å². The van der Waals surface area contributed by atoms with Gasteiger partial charge in [-0.2, -0.15) is 0 Å². The lowest BCUT2D eigenvalue weighted by atomic mass is 10.2. The van der Waals surface area contributed by atoms with Gasteiger partial charge in [-0.05, 0) is 43.3 Å². The minimum Gasteiger partial charge on any atom is -0.486 e. The largest absolute Gasteiger partial charge is 0.486 e. The van der Waals surface area contributed by atoms with E-state index < -0.39 is 6.04 Å². The summed E-state index contributed by atoms with van der Waals surface area (Å²) in [4.78, 5) is 17.4. The van der Waals surface area contributed by atoms with Gasteiger partial charge in [-0.25, -0.2) is 4.98 Å². The zero-order valence-electron chi connectivity index (χ0n) is 16.9. The van der Waals surface area contributed by atoms with Gasteiger partial charge in [0.05, 0.1) is 10.2 Å². The fourth-order valence-corrected chi connectivity index (χ4v) is 4.39. The molecule has 7 heteroatoms. The van der Waals surface area contributed by atoms with E-state index in [2.05, 4.69) is 16.7 Å². The number of amides is 1. The summed E-state index contributed by atoms with van der Waals surface area (Å²) in [7, 11) is 0. The first kappa shape index (κ1) is 19.4. The molecule has 31 heavy (non-hydrogen) atoms. The number of thiazole rings is 1. The molecule has 1 aliphatic heterocycles. The average molecular weight is 432 g/mol. The van der Waals surface area contributed by atoms with Crippen LogP contribution in [0.4, 0.5) is 11.4 Å². The predicted molar refractivity (Wildman–Crippen MR) is 124 cm³/mol. The van der Waals surface area contributed by atoms with E-state index in [0.29, 0.717) is 30.4 Å². The summed E-state index contributed by atoms with van der Waals surface area (Å²) in [6.45, 7) is 2.88. The Labute approximate surface area is 183 Å². The second-order valence-electron chi connectivity index (χ2n) is 7.28. The third kappa shape index (κ3) is 4.18. The number of anilines is 2. The molecule has 1 aromatic heterocycles.